The van der Waals surface area contributed by atoms with Gasteiger partial charge in [0.25, 0.3) is 0 Å². The van der Waals surface area contributed by atoms with E-state index in [-0.39, 0.29) is 11.8 Å². The van der Waals surface area contributed by atoms with E-state index in [4.69, 9.17) is 9.47 Å². The lowest BCUT2D eigenvalue weighted by atomic mass is 10.2. The lowest BCUT2D eigenvalue weighted by Gasteiger charge is -2.15. The highest BCUT2D eigenvalue weighted by molar-refractivity contribution is 6.02. The van der Waals surface area contributed by atoms with Crippen LogP contribution in [0.1, 0.15) is 18.5 Å². The first-order valence-electron chi connectivity index (χ1n) is 8.15. The Morgan fingerprint density at radius 3 is 3.08 bits per heavy atom. The summed E-state index contributed by atoms with van der Waals surface area (Å²) >= 11 is 0. The normalized spacial score (nSPS) is 16.9. The number of carbonyl (C=O) groups is 1. The fourth-order valence-corrected chi connectivity index (χ4v) is 2.49. The Hall–Kier alpha value is -2.73. The molecule has 5 nitrogen and oxygen atoms in total. The van der Waals surface area contributed by atoms with Crippen molar-refractivity contribution in [2.24, 2.45) is 0 Å². The number of hydrogen-bond donors (Lipinski definition) is 1. The molecule has 6 heteroatoms. The third-order valence-electron chi connectivity index (χ3n) is 3.74. The van der Waals surface area contributed by atoms with Gasteiger partial charge < -0.3 is 14.8 Å². The molecule has 1 aliphatic heterocycles. The standard InChI is InChI=1S/C19H19FN2O3/c20-14-6-8-18(25-13-16-5-3-11-24-16)17(12-14)22-19(23)9-7-15-4-1-2-10-21-15/h1-2,4,6-10,12,16H,3,5,11,13H2,(H,22,23)/b9-7+/t16-/m1/s1. The maximum absolute atomic E-state index is 13.5. The number of nitrogens with one attached hydrogen (secondary N) is 1. The van der Waals surface area contributed by atoms with Gasteiger partial charge >= 0.3 is 0 Å². The topological polar surface area (TPSA) is 60.5 Å². The lowest BCUT2D eigenvalue weighted by Crippen LogP contribution is -2.17. The summed E-state index contributed by atoms with van der Waals surface area (Å²) in [7, 11) is 0. The predicted molar refractivity (Wildman–Crippen MR) is 92.8 cm³/mol. The van der Waals surface area contributed by atoms with Gasteiger partial charge in [-0.1, -0.05) is 6.07 Å². The molecule has 0 unspecified atom stereocenters. The van der Waals surface area contributed by atoms with Crippen LogP contribution in [0, 0.1) is 5.82 Å². The fourth-order valence-electron chi connectivity index (χ4n) is 2.49. The first kappa shape index (κ1) is 17.1. The molecule has 1 saturated heterocycles. The summed E-state index contributed by atoms with van der Waals surface area (Å²) in [6.07, 6.45) is 6.56. The van der Waals surface area contributed by atoms with E-state index in [2.05, 4.69) is 10.3 Å². The monoisotopic (exact) mass is 342 g/mol. The Morgan fingerprint density at radius 1 is 1.40 bits per heavy atom. The van der Waals surface area contributed by atoms with Crippen molar-refractivity contribution in [3.05, 3.63) is 60.2 Å². The van der Waals surface area contributed by atoms with Crippen LogP contribution in [-0.4, -0.2) is 30.2 Å². The molecule has 2 heterocycles. The van der Waals surface area contributed by atoms with E-state index in [1.54, 1.807) is 24.4 Å². The highest BCUT2D eigenvalue weighted by Crippen LogP contribution is 2.26. The van der Waals surface area contributed by atoms with Crippen molar-refractivity contribution in [3.8, 4) is 5.75 Å². The second kappa shape index (κ2) is 8.39. The van der Waals surface area contributed by atoms with E-state index in [1.807, 2.05) is 6.07 Å². The van der Waals surface area contributed by atoms with Crippen LogP contribution in [0.5, 0.6) is 5.75 Å². The molecule has 25 heavy (non-hydrogen) atoms. The first-order chi connectivity index (χ1) is 12.2. The number of pyridine rings is 1. The zero-order chi connectivity index (χ0) is 17.5. The lowest BCUT2D eigenvalue weighted by molar-refractivity contribution is -0.111. The molecule has 1 atom stereocenters. The van der Waals surface area contributed by atoms with Gasteiger partial charge in [-0.3, -0.25) is 9.78 Å². The Bertz CT molecular complexity index is 744. The number of amides is 1. The number of nitrogens with zero attached hydrogens (tertiary/aromatic N) is 1. The quantitative estimate of drug-likeness (QED) is 0.817. The van der Waals surface area contributed by atoms with Crippen LogP contribution in [0.3, 0.4) is 0 Å². The SMILES string of the molecule is O=C(/C=C/c1ccccn1)Nc1cc(F)ccc1OC[C@H]1CCCO1. The Kier molecular flexibility index (Phi) is 5.74. The van der Waals surface area contributed by atoms with Crippen molar-refractivity contribution < 1.29 is 18.7 Å². The van der Waals surface area contributed by atoms with Crippen molar-refractivity contribution in [1.29, 1.82) is 0 Å². The largest absolute Gasteiger partial charge is 0.489 e. The van der Waals surface area contributed by atoms with Gasteiger partial charge in [0.05, 0.1) is 17.5 Å². The number of benzene rings is 1. The zero-order valence-corrected chi connectivity index (χ0v) is 13.7. The van der Waals surface area contributed by atoms with Crippen molar-refractivity contribution in [3.63, 3.8) is 0 Å². The molecule has 1 fully saturated rings. The van der Waals surface area contributed by atoms with Crippen molar-refractivity contribution in [2.75, 3.05) is 18.5 Å². The van der Waals surface area contributed by atoms with E-state index in [9.17, 15) is 9.18 Å². The molecule has 1 aliphatic rings. The van der Waals surface area contributed by atoms with Gasteiger partial charge in [-0.2, -0.15) is 0 Å². The molecule has 1 N–H and O–H groups in total. The average Bonchev–Trinajstić information content (AvgIpc) is 3.14. The molecule has 1 aromatic carbocycles. The number of ether oxygens (including phenoxy) is 2. The Morgan fingerprint density at radius 2 is 2.32 bits per heavy atom. The zero-order valence-electron chi connectivity index (χ0n) is 13.7. The highest BCUT2D eigenvalue weighted by atomic mass is 19.1. The third kappa shape index (κ3) is 5.12. The molecule has 2 aromatic rings. The van der Waals surface area contributed by atoms with Crippen molar-refractivity contribution in [2.45, 2.75) is 18.9 Å². The summed E-state index contributed by atoms with van der Waals surface area (Å²) in [6.45, 7) is 1.11. The van der Waals surface area contributed by atoms with Gasteiger partial charge in [0.2, 0.25) is 5.91 Å². The van der Waals surface area contributed by atoms with Gasteiger partial charge in [-0.15, -0.1) is 0 Å². The molecule has 0 bridgehead atoms. The highest BCUT2D eigenvalue weighted by Gasteiger charge is 2.17. The van der Waals surface area contributed by atoms with Gasteiger partial charge in [0.15, 0.2) is 0 Å². The Labute approximate surface area is 145 Å². The second-order valence-corrected chi connectivity index (χ2v) is 5.66. The van der Waals surface area contributed by atoms with Crippen molar-refractivity contribution in [1.82, 2.24) is 4.98 Å². The smallest absolute Gasteiger partial charge is 0.248 e. The molecule has 1 aromatic heterocycles. The molecule has 0 radical (unpaired) electrons. The number of anilines is 1. The second-order valence-electron chi connectivity index (χ2n) is 5.66. The summed E-state index contributed by atoms with van der Waals surface area (Å²) in [6, 6.07) is 9.43. The van der Waals surface area contributed by atoms with Crippen LogP contribution in [-0.2, 0) is 9.53 Å². The first-order valence-corrected chi connectivity index (χ1v) is 8.15. The fraction of sp³-hybridized carbons (Fsp3) is 0.263. The van der Waals surface area contributed by atoms with E-state index in [0.29, 0.717) is 18.1 Å². The summed E-state index contributed by atoms with van der Waals surface area (Å²) in [5.74, 6) is -0.428. The van der Waals surface area contributed by atoms with E-state index in [1.165, 1.54) is 24.3 Å². The van der Waals surface area contributed by atoms with Gasteiger partial charge in [0.1, 0.15) is 18.2 Å². The molecule has 3 rings (SSSR count). The van der Waals surface area contributed by atoms with Gasteiger partial charge in [-0.05, 0) is 43.2 Å². The predicted octanol–water partition coefficient (Wildman–Crippen LogP) is 3.43. The number of hydrogen-bond acceptors (Lipinski definition) is 4. The summed E-state index contributed by atoms with van der Waals surface area (Å²) in [5.41, 5.74) is 0.945. The average molecular weight is 342 g/mol. The number of rotatable bonds is 6. The maximum atomic E-state index is 13.5. The maximum Gasteiger partial charge on any atom is 0.248 e. The van der Waals surface area contributed by atoms with E-state index >= 15 is 0 Å². The van der Waals surface area contributed by atoms with Crippen molar-refractivity contribution >= 4 is 17.7 Å². The van der Waals surface area contributed by atoms with Gasteiger partial charge in [-0.25, -0.2) is 4.39 Å². The van der Waals surface area contributed by atoms with Crippen LogP contribution in [0.25, 0.3) is 6.08 Å². The molecule has 0 aliphatic carbocycles. The molecule has 1 amide bonds. The van der Waals surface area contributed by atoms with Gasteiger partial charge in [0, 0.05) is 24.9 Å². The number of carbonyl (C=O) groups excluding carboxylic acids is 1. The number of halogens is 1. The van der Waals surface area contributed by atoms with Crippen LogP contribution >= 0.6 is 0 Å². The van der Waals surface area contributed by atoms with E-state index < -0.39 is 11.7 Å². The summed E-state index contributed by atoms with van der Waals surface area (Å²) in [4.78, 5) is 16.2. The minimum atomic E-state index is -0.450. The summed E-state index contributed by atoms with van der Waals surface area (Å²) in [5, 5.41) is 2.64. The Balaban J connectivity index is 1.64. The van der Waals surface area contributed by atoms with Crippen LogP contribution < -0.4 is 10.1 Å². The van der Waals surface area contributed by atoms with E-state index in [0.717, 1.165) is 19.4 Å². The summed E-state index contributed by atoms with van der Waals surface area (Å²) < 4.78 is 24.7. The molecule has 0 saturated carbocycles. The molecule has 130 valence electrons. The van der Waals surface area contributed by atoms with Crippen LogP contribution in [0.2, 0.25) is 0 Å². The molecular formula is C19H19FN2O3. The number of aromatic nitrogens is 1. The van der Waals surface area contributed by atoms with Crippen LogP contribution in [0.4, 0.5) is 10.1 Å². The van der Waals surface area contributed by atoms with Crippen LogP contribution in [0.15, 0.2) is 48.7 Å². The third-order valence-corrected chi connectivity index (χ3v) is 3.74. The molecule has 0 spiro atoms. The minimum Gasteiger partial charge on any atom is -0.489 e. The minimum absolute atomic E-state index is 0.0395. The molecular weight excluding hydrogens is 323 g/mol.